The molecule has 2 saturated heterocycles. The molecule has 1 aromatic carbocycles. The third kappa shape index (κ3) is 5.72. The molecule has 0 radical (unpaired) electrons. The Morgan fingerprint density at radius 1 is 1.00 bits per heavy atom. The van der Waals surface area contributed by atoms with Gasteiger partial charge >= 0.3 is 6.09 Å². The zero-order chi connectivity index (χ0) is 21.9. The minimum Gasteiger partial charge on any atom is -0.444 e. The van der Waals surface area contributed by atoms with Crippen LogP contribution in [0.2, 0.25) is 0 Å². The Labute approximate surface area is 178 Å². The second-order valence-corrected chi connectivity index (χ2v) is 10.9. The van der Waals surface area contributed by atoms with E-state index in [0.29, 0.717) is 26.2 Å². The highest BCUT2D eigenvalue weighted by atomic mass is 32.2. The fraction of sp³-hybridized carbons (Fsp3) is 0.619. The van der Waals surface area contributed by atoms with E-state index < -0.39 is 15.4 Å². The van der Waals surface area contributed by atoms with E-state index in [1.807, 2.05) is 20.8 Å². The van der Waals surface area contributed by atoms with Crippen LogP contribution in [0, 0.1) is 0 Å². The molecule has 8 nitrogen and oxygen atoms in total. The van der Waals surface area contributed by atoms with Crippen LogP contribution in [0.15, 0.2) is 35.2 Å². The number of fused-ring (bicyclic) bond motifs is 1. The molecule has 3 rings (SSSR count). The van der Waals surface area contributed by atoms with Crippen LogP contribution in [0.5, 0.6) is 0 Å². The Morgan fingerprint density at radius 3 is 2.23 bits per heavy atom. The standard InChI is InChI=1S/C21H31N3O5S/c1-21(2,3)29-20(26)24-13-11-22-10-12-23(15-17(22)16-24)19(25)9-14-30(27,28)18-7-5-4-6-8-18/h4-8,17H,9-16H2,1-3H3. The van der Waals surface area contributed by atoms with Crippen molar-refractivity contribution in [1.82, 2.24) is 14.7 Å². The number of hydrogen-bond donors (Lipinski definition) is 0. The average Bonchev–Trinajstić information content (AvgIpc) is 2.70. The van der Waals surface area contributed by atoms with Gasteiger partial charge in [0.05, 0.1) is 10.6 Å². The molecule has 2 aliphatic rings. The molecule has 0 bridgehead atoms. The lowest BCUT2D eigenvalue weighted by Crippen LogP contribution is -2.63. The lowest BCUT2D eigenvalue weighted by molar-refractivity contribution is -0.134. The Kier molecular flexibility index (Phi) is 6.71. The van der Waals surface area contributed by atoms with Gasteiger partial charge < -0.3 is 14.5 Å². The Hall–Kier alpha value is -2.13. The van der Waals surface area contributed by atoms with Gasteiger partial charge in [0.1, 0.15) is 5.60 Å². The van der Waals surface area contributed by atoms with Crippen molar-refractivity contribution in [1.29, 1.82) is 0 Å². The summed E-state index contributed by atoms with van der Waals surface area (Å²) in [6, 6.07) is 8.24. The van der Waals surface area contributed by atoms with E-state index in [1.165, 1.54) is 0 Å². The summed E-state index contributed by atoms with van der Waals surface area (Å²) < 4.78 is 30.4. The van der Waals surface area contributed by atoms with Gasteiger partial charge in [-0.25, -0.2) is 13.2 Å². The van der Waals surface area contributed by atoms with Crippen LogP contribution >= 0.6 is 0 Å². The fourth-order valence-electron chi connectivity index (χ4n) is 3.80. The lowest BCUT2D eigenvalue weighted by Gasteiger charge is -2.47. The summed E-state index contributed by atoms with van der Waals surface area (Å²) in [5.74, 6) is -0.367. The van der Waals surface area contributed by atoms with E-state index in [0.717, 1.165) is 13.1 Å². The number of sulfone groups is 1. The van der Waals surface area contributed by atoms with Crippen LogP contribution in [0.3, 0.4) is 0 Å². The number of carbonyl (C=O) groups excluding carboxylic acids is 2. The fourth-order valence-corrected chi connectivity index (χ4v) is 5.05. The van der Waals surface area contributed by atoms with Crippen LogP contribution in [-0.2, 0) is 19.4 Å². The molecule has 0 N–H and O–H groups in total. The maximum Gasteiger partial charge on any atom is 0.410 e. The average molecular weight is 438 g/mol. The van der Waals surface area contributed by atoms with E-state index in [1.54, 1.807) is 40.1 Å². The number of nitrogens with zero attached hydrogens (tertiary/aromatic N) is 3. The molecule has 2 amide bonds. The summed E-state index contributed by atoms with van der Waals surface area (Å²) in [4.78, 5) is 31.0. The number of rotatable bonds is 4. The molecular formula is C21H31N3O5S. The third-order valence-electron chi connectivity index (χ3n) is 5.38. The zero-order valence-electron chi connectivity index (χ0n) is 17.9. The first-order chi connectivity index (χ1) is 14.0. The first kappa shape index (κ1) is 22.6. The van der Waals surface area contributed by atoms with E-state index in [-0.39, 0.29) is 35.1 Å². The minimum absolute atomic E-state index is 0.0368. The number of hydrogen-bond acceptors (Lipinski definition) is 6. The van der Waals surface area contributed by atoms with Crippen molar-refractivity contribution >= 4 is 21.8 Å². The van der Waals surface area contributed by atoms with Gasteiger partial charge in [0.2, 0.25) is 5.91 Å². The van der Waals surface area contributed by atoms with Crippen LogP contribution in [0.1, 0.15) is 27.2 Å². The number of ether oxygens (including phenoxy) is 1. The van der Waals surface area contributed by atoms with Crippen LogP contribution in [-0.4, -0.2) is 91.8 Å². The number of benzene rings is 1. The molecule has 0 aliphatic carbocycles. The maximum absolute atomic E-state index is 12.7. The summed E-state index contributed by atoms with van der Waals surface area (Å²) in [5, 5.41) is 0. The first-order valence-corrected chi connectivity index (χ1v) is 12.0. The molecule has 2 aliphatic heterocycles. The zero-order valence-corrected chi connectivity index (χ0v) is 18.7. The topological polar surface area (TPSA) is 87.2 Å². The lowest BCUT2D eigenvalue weighted by atomic mass is 10.1. The molecule has 0 spiro atoms. The predicted octanol–water partition coefficient (Wildman–Crippen LogP) is 1.61. The quantitative estimate of drug-likeness (QED) is 0.711. The highest BCUT2D eigenvalue weighted by Gasteiger charge is 2.36. The molecule has 0 aromatic heterocycles. The van der Waals surface area contributed by atoms with Crippen molar-refractivity contribution in [2.45, 2.75) is 43.7 Å². The molecular weight excluding hydrogens is 406 g/mol. The van der Waals surface area contributed by atoms with Gasteiger partial charge in [0, 0.05) is 51.7 Å². The monoisotopic (exact) mass is 437 g/mol. The van der Waals surface area contributed by atoms with Crippen LogP contribution in [0.25, 0.3) is 0 Å². The summed E-state index contributed by atoms with van der Waals surface area (Å²) >= 11 is 0. The van der Waals surface area contributed by atoms with Crippen LogP contribution in [0.4, 0.5) is 4.79 Å². The van der Waals surface area contributed by atoms with Crippen LogP contribution < -0.4 is 0 Å². The molecule has 30 heavy (non-hydrogen) atoms. The minimum atomic E-state index is -3.48. The SMILES string of the molecule is CC(C)(C)OC(=O)N1CCN2CCN(C(=O)CCS(=O)(=O)c3ccccc3)CC2C1. The highest BCUT2D eigenvalue weighted by molar-refractivity contribution is 7.91. The normalized spacial score (nSPS) is 20.6. The van der Waals surface area contributed by atoms with E-state index in [2.05, 4.69) is 4.90 Å². The van der Waals surface area contributed by atoms with Gasteiger partial charge in [-0.1, -0.05) is 18.2 Å². The molecule has 1 atom stereocenters. The molecule has 9 heteroatoms. The highest BCUT2D eigenvalue weighted by Crippen LogP contribution is 2.19. The van der Waals surface area contributed by atoms with Gasteiger partial charge in [-0.15, -0.1) is 0 Å². The molecule has 166 valence electrons. The van der Waals surface area contributed by atoms with Crippen molar-refractivity contribution < 1.29 is 22.7 Å². The summed E-state index contributed by atoms with van der Waals surface area (Å²) in [5.41, 5.74) is -0.549. The second-order valence-electron chi connectivity index (χ2n) is 8.84. The van der Waals surface area contributed by atoms with Gasteiger partial charge in [-0.05, 0) is 32.9 Å². The Bertz CT molecular complexity index is 866. The number of carbonyl (C=O) groups is 2. The maximum atomic E-state index is 12.7. The smallest absolute Gasteiger partial charge is 0.410 e. The molecule has 0 saturated carbocycles. The Morgan fingerprint density at radius 2 is 1.60 bits per heavy atom. The van der Waals surface area contributed by atoms with E-state index >= 15 is 0 Å². The second kappa shape index (κ2) is 8.93. The van der Waals surface area contributed by atoms with Gasteiger partial charge in [0.25, 0.3) is 0 Å². The first-order valence-electron chi connectivity index (χ1n) is 10.3. The van der Waals surface area contributed by atoms with Crippen molar-refractivity contribution in [3.63, 3.8) is 0 Å². The van der Waals surface area contributed by atoms with Crippen molar-refractivity contribution in [3.8, 4) is 0 Å². The van der Waals surface area contributed by atoms with Crippen molar-refractivity contribution in [3.05, 3.63) is 30.3 Å². The molecule has 2 fully saturated rings. The van der Waals surface area contributed by atoms with Crippen molar-refractivity contribution in [2.75, 3.05) is 45.0 Å². The predicted molar refractivity (Wildman–Crippen MR) is 113 cm³/mol. The van der Waals surface area contributed by atoms with Gasteiger partial charge in [-0.3, -0.25) is 9.69 Å². The van der Waals surface area contributed by atoms with Gasteiger partial charge in [0.15, 0.2) is 9.84 Å². The van der Waals surface area contributed by atoms with Crippen molar-refractivity contribution in [2.24, 2.45) is 0 Å². The molecule has 1 aromatic rings. The van der Waals surface area contributed by atoms with Gasteiger partial charge in [-0.2, -0.15) is 0 Å². The number of piperazine rings is 2. The summed E-state index contributed by atoms with van der Waals surface area (Å²) in [6.07, 6.45) is -0.376. The van der Waals surface area contributed by atoms with E-state index in [9.17, 15) is 18.0 Å². The van der Waals surface area contributed by atoms with E-state index in [4.69, 9.17) is 4.74 Å². The number of amides is 2. The Balaban J connectivity index is 1.55. The summed E-state index contributed by atoms with van der Waals surface area (Å²) in [6.45, 7) is 9.16. The molecule has 1 unspecified atom stereocenters. The largest absolute Gasteiger partial charge is 0.444 e. The third-order valence-corrected chi connectivity index (χ3v) is 7.12. The molecule has 2 heterocycles. The summed E-state index contributed by atoms with van der Waals surface area (Å²) in [7, 11) is -3.48.